The molecule has 2 nitrogen and oxygen atoms in total. The van der Waals surface area contributed by atoms with E-state index >= 15 is 0 Å². The van der Waals surface area contributed by atoms with Crippen LogP contribution in [0.15, 0.2) is 30.3 Å². The monoisotopic (exact) mass is 544 g/mol. The van der Waals surface area contributed by atoms with Gasteiger partial charge in [0.25, 0.3) is 0 Å². The van der Waals surface area contributed by atoms with Gasteiger partial charge >= 0.3 is 12.0 Å². The summed E-state index contributed by atoms with van der Waals surface area (Å²) in [7, 11) is 0. The lowest BCUT2D eigenvalue weighted by Crippen LogP contribution is -2.27. The molecule has 7 heteroatoms. The van der Waals surface area contributed by atoms with Crippen LogP contribution in [0.1, 0.15) is 83.1 Å². The molecule has 0 heterocycles. The number of aliphatic carboxylic acids is 1. The van der Waals surface area contributed by atoms with Gasteiger partial charge in [0, 0.05) is 0 Å². The van der Waals surface area contributed by atoms with E-state index in [0.29, 0.717) is 6.42 Å². The van der Waals surface area contributed by atoms with Crippen LogP contribution < -0.4 is 0 Å². The van der Waals surface area contributed by atoms with E-state index in [1.54, 1.807) is 6.92 Å². The molecular weight excluding hydrogens is 511 g/mol. The predicted octanol–water partition coefficient (Wildman–Crippen LogP) is 9.17. The Hall–Kier alpha value is 0.257. The molecule has 0 radical (unpaired) electrons. The number of unbranched alkanes of at least 4 members (excludes halogenated alkanes) is 9. The van der Waals surface area contributed by atoms with Crippen molar-refractivity contribution in [3.63, 3.8) is 0 Å². The van der Waals surface area contributed by atoms with Gasteiger partial charge in [0.2, 0.25) is 0 Å². The lowest BCUT2D eigenvalue weighted by Gasteiger charge is -2.16. The first-order valence-corrected chi connectivity index (χ1v) is 16.6. The van der Waals surface area contributed by atoms with Crippen LogP contribution in [0.3, 0.4) is 0 Å². The molecule has 0 fully saturated rings. The molecule has 0 aliphatic carbocycles. The summed E-state index contributed by atoms with van der Waals surface area (Å²) >= 11 is 20.8. The first-order valence-electron chi connectivity index (χ1n) is 10.6. The highest BCUT2D eigenvalue weighted by atomic mass is 79.9. The number of alkyl halides is 1. The molecule has 1 aromatic rings. The van der Waals surface area contributed by atoms with Gasteiger partial charge in [-0.3, -0.25) is 4.79 Å². The number of benzene rings is 1. The Labute approximate surface area is 201 Å². The highest BCUT2D eigenvalue weighted by Crippen LogP contribution is 2.28. The van der Waals surface area contributed by atoms with Crippen molar-refractivity contribution in [1.82, 2.24) is 0 Å². The number of carboxylic acid groups (broad SMARTS) is 1. The molecule has 0 amide bonds. The Morgan fingerprint density at radius 2 is 1.31 bits per heavy atom. The highest BCUT2D eigenvalue weighted by molar-refractivity contribution is 9.10. The van der Waals surface area contributed by atoms with Crippen molar-refractivity contribution in [1.29, 1.82) is 0 Å². The molecule has 168 valence electrons. The standard InChI is InChI=1S/C15H28BrCl3O2Si.C7H8/c1-15(16,14(20)21)12-10-8-6-4-2-3-5-7-9-11-13-22(17,18)19;1-7-5-3-2-4-6-7/h2-13H2,1H3,(H,20,21);2-6H,1H3. The second-order valence-corrected chi connectivity index (χ2v) is 18.8. The van der Waals surface area contributed by atoms with Crippen molar-refractivity contribution in [2.24, 2.45) is 0 Å². The fourth-order valence-electron chi connectivity index (χ4n) is 2.84. The fraction of sp³-hybridized carbons (Fsp3) is 0.682. The van der Waals surface area contributed by atoms with Crippen LogP contribution in [-0.4, -0.2) is 21.4 Å². The predicted molar refractivity (Wildman–Crippen MR) is 135 cm³/mol. The molecule has 0 aromatic heterocycles. The van der Waals surface area contributed by atoms with Crippen LogP contribution in [0.5, 0.6) is 0 Å². The van der Waals surface area contributed by atoms with Crippen molar-refractivity contribution in [3.05, 3.63) is 35.9 Å². The van der Waals surface area contributed by atoms with E-state index in [2.05, 4.69) is 35.0 Å². The molecule has 1 N–H and O–H groups in total. The van der Waals surface area contributed by atoms with Gasteiger partial charge in [0.05, 0.1) is 0 Å². The van der Waals surface area contributed by atoms with Crippen molar-refractivity contribution in [3.8, 4) is 0 Å². The van der Waals surface area contributed by atoms with Crippen LogP contribution in [-0.2, 0) is 4.79 Å². The molecule has 1 unspecified atom stereocenters. The van der Waals surface area contributed by atoms with Crippen molar-refractivity contribution in [2.75, 3.05) is 0 Å². The Kier molecular flexibility index (Phi) is 17.0. The van der Waals surface area contributed by atoms with E-state index in [1.165, 1.54) is 50.5 Å². The molecule has 0 spiro atoms. The second-order valence-electron chi connectivity index (χ2n) is 7.81. The fourth-order valence-corrected chi connectivity index (χ4v) is 4.97. The first kappa shape index (κ1) is 29.3. The highest BCUT2D eigenvalue weighted by Gasteiger charge is 2.28. The third-order valence-electron chi connectivity index (χ3n) is 4.74. The number of aryl methyl sites for hydroxylation is 1. The molecule has 0 saturated heterocycles. The Morgan fingerprint density at radius 1 is 0.897 bits per heavy atom. The number of carbonyl (C=O) groups is 1. The van der Waals surface area contributed by atoms with Gasteiger partial charge in [-0.15, -0.1) is 33.2 Å². The summed E-state index contributed by atoms with van der Waals surface area (Å²) < 4.78 is -0.761. The molecule has 0 saturated carbocycles. The number of hydrogen-bond donors (Lipinski definition) is 1. The SMILES string of the molecule is CC(Br)(CCCCCCCCCCCC[Si](Cl)(Cl)Cl)C(=O)O.Cc1ccccc1. The summed E-state index contributed by atoms with van der Waals surface area (Å²) in [6.07, 6.45) is 12.5. The molecular formula is C22H36BrCl3O2Si. The largest absolute Gasteiger partial charge is 0.480 e. The van der Waals surface area contributed by atoms with Crippen molar-refractivity contribution < 1.29 is 9.90 Å². The van der Waals surface area contributed by atoms with E-state index in [0.717, 1.165) is 25.3 Å². The lowest BCUT2D eigenvalue weighted by atomic mass is 10.0. The Morgan fingerprint density at radius 3 is 1.66 bits per heavy atom. The van der Waals surface area contributed by atoms with Gasteiger partial charge in [-0.2, -0.15) is 0 Å². The number of hydrogen-bond acceptors (Lipinski definition) is 1. The van der Waals surface area contributed by atoms with Crippen LogP contribution in [0.2, 0.25) is 6.04 Å². The third-order valence-corrected chi connectivity index (χ3v) is 8.10. The Bertz CT molecular complexity index is 537. The van der Waals surface area contributed by atoms with Crippen LogP contribution >= 0.6 is 49.2 Å². The summed E-state index contributed by atoms with van der Waals surface area (Å²) in [4.78, 5) is 10.9. The average Bonchev–Trinajstić information content (AvgIpc) is 2.62. The molecule has 0 aliphatic heterocycles. The second kappa shape index (κ2) is 16.9. The molecule has 1 aromatic carbocycles. The van der Waals surface area contributed by atoms with Gasteiger partial charge in [0.15, 0.2) is 0 Å². The minimum Gasteiger partial charge on any atom is -0.480 e. The van der Waals surface area contributed by atoms with Gasteiger partial charge in [-0.25, -0.2) is 0 Å². The molecule has 0 aliphatic rings. The summed E-state index contributed by atoms with van der Waals surface area (Å²) in [5.41, 5.74) is 1.32. The van der Waals surface area contributed by atoms with Gasteiger partial charge in [-0.1, -0.05) is 116 Å². The van der Waals surface area contributed by atoms with E-state index in [4.69, 9.17) is 38.3 Å². The van der Waals surface area contributed by atoms with Gasteiger partial charge < -0.3 is 5.11 Å². The lowest BCUT2D eigenvalue weighted by molar-refractivity contribution is -0.139. The maximum atomic E-state index is 10.9. The topological polar surface area (TPSA) is 37.3 Å². The van der Waals surface area contributed by atoms with Crippen molar-refractivity contribution in [2.45, 2.75) is 94.8 Å². The van der Waals surface area contributed by atoms with Gasteiger partial charge in [-0.05, 0) is 26.3 Å². The van der Waals surface area contributed by atoms with Crippen LogP contribution in [0.4, 0.5) is 0 Å². The average molecular weight is 547 g/mol. The number of carboxylic acids is 1. The van der Waals surface area contributed by atoms with Crippen LogP contribution in [0, 0.1) is 6.92 Å². The summed E-state index contributed by atoms with van der Waals surface area (Å²) in [6, 6.07) is 8.64. The molecule has 1 atom stereocenters. The zero-order valence-corrected chi connectivity index (χ0v) is 22.6. The summed E-state index contributed by atoms with van der Waals surface area (Å²) in [5.74, 6) is -0.773. The van der Waals surface area contributed by atoms with Crippen LogP contribution in [0.25, 0.3) is 0 Å². The van der Waals surface area contributed by atoms with E-state index in [-0.39, 0.29) is 0 Å². The third kappa shape index (κ3) is 19.9. The summed E-state index contributed by atoms with van der Waals surface area (Å²) in [5, 5.41) is 8.98. The quantitative estimate of drug-likeness (QED) is 0.109. The maximum absolute atomic E-state index is 10.9. The zero-order valence-electron chi connectivity index (χ0n) is 17.7. The first-order chi connectivity index (χ1) is 13.5. The van der Waals surface area contributed by atoms with E-state index in [9.17, 15) is 4.79 Å². The molecule has 1 rings (SSSR count). The number of halogens is 4. The van der Waals surface area contributed by atoms with E-state index < -0.39 is 16.3 Å². The molecule has 29 heavy (non-hydrogen) atoms. The van der Waals surface area contributed by atoms with E-state index in [1.807, 2.05) is 18.2 Å². The van der Waals surface area contributed by atoms with Gasteiger partial charge in [0.1, 0.15) is 4.32 Å². The zero-order chi connectivity index (χ0) is 22.2. The normalized spacial score (nSPS) is 13.3. The minimum absolute atomic E-state index is 0.689. The van der Waals surface area contributed by atoms with Crippen molar-refractivity contribution >= 4 is 61.1 Å². The maximum Gasteiger partial charge on any atom is 0.341 e. The molecule has 0 bridgehead atoms. The smallest absolute Gasteiger partial charge is 0.341 e. The minimum atomic E-state index is -2.40. The number of rotatable bonds is 14. The Balaban J connectivity index is 0.000000929. The summed E-state index contributed by atoms with van der Waals surface area (Å²) in [6.45, 7) is 3.81.